The molecule has 1 aliphatic carbocycles. The van der Waals surface area contributed by atoms with Crippen molar-refractivity contribution in [3.8, 4) is 17.9 Å². The number of allylic oxidation sites excluding steroid dienone is 1. The molecule has 0 saturated carbocycles. The lowest BCUT2D eigenvalue weighted by atomic mass is 10.00. The van der Waals surface area contributed by atoms with Gasteiger partial charge in [0, 0.05) is 18.8 Å². The van der Waals surface area contributed by atoms with E-state index < -0.39 is 34.0 Å². The number of rotatable bonds is 3. The van der Waals surface area contributed by atoms with Crippen LogP contribution in [0.3, 0.4) is 0 Å². The maximum atomic E-state index is 11.0. The van der Waals surface area contributed by atoms with Crippen LogP contribution in [0.15, 0.2) is 29.0 Å². The molecule has 0 aromatic carbocycles. The van der Waals surface area contributed by atoms with Crippen LogP contribution in [0.1, 0.15) is 19.8 Å². The van der Waals surface area contributed by atoms with Crippen molar-refractivity contribution in [2.75, 3.05) is 0 Å². The van der Waals surface area contributed by atoms with Gasteiger partial charge < -0.3 is 10.2 Å². The topological polar surface area (TPSA) is 124 Å². The minimum absolute atomic E-state index is 0.0395. The average Bonchev–Trinajstić information content (AvgIpc) is 2.54. The summed E-state index contributed by atoms with van der Waals surface area (Å²) in [5.74, 6) is 2.00. The van der Waals surface area contributed by atoms with Crippen LogP contribution in [0, 0.1) is 45.1 Å². The average molecular weight is 288 g/mol. The zero-order valence-electron chi connectivity index (χ0n) is 11.2. The van der Waals surface area contributed by atoms with E-state index in [4.69, 9.17) is 5.26 Å². The Kier molecular flexibility index (Phi) is 5.31. The van der Waals surface area contributed by atoms with E-state index in [0.717, 1.165) is 0 Å². The van der Waals surface area contributed by atoms with Crippen LogP contribution in [-0.4, -0.2) is 20.9 Å². The number of nitro groups is 1. The van der Waals surface area contributed by atoms with Gasteiger partial charge in [0.2, 0.25) is 5.76 Å². The molecule has 0 heterocycles. The molecule has 0 aromatic heterocycles. The second kappa shape index (κ2) is 6.95. The van der Waals surface area contributed by atoms with E-state index in [0.29, 0.717) is 0 Å². The molecule has 108 valence electrons. The molecular weight excluding hydrogens is 276 g/mol. The number of hydrogen-bond acceptors (Lipinski definition) is 6. The lowest BCUT2D eigenvalue weighted by molar-refractivity contribution is -0.423. The van der Waals surface area contributed by atoms with Crippen molar-refractivity contribution >= 4 is 5.78 Å². The number of carbonyl (C=O) groups is 1. The van der Waals surface area contributed by atoms with Crippen LogP contribution in [0.25, 0.3) is 0 Å². The predicted octanol–water partition coefficient (Wildman–Crippen LogP) is 1.77. The number of Topliss-reactive ketones (excluding diaryl/α,β-unsaturated/α-hetero) is 1. The maximum Gasteiger partial charge on any atom is 0.356 e. The smallest absolute Gasteiger partial charge is 0.356 e. The highest BCUT2D eigenvalue weighted by molar-refractivity contribution is 5.83. The summed E-state index contributed by atoms with van der Waals surface area (Å²) in [4.78, 5) is 20.8. The standard InChI is InChI=1S/C14H12N2O5/c1-9(17)11(8-15)4-2-3-10-5-6-12(16(20)21)14(19)13(18)7-10/h5,10-11,18-19H,3,7H2,1H3. The largest absolute Gasteiger partial charge is 0.508 e. The maximum absolute atomic E-state index is 11.0. The molecule has 2 N–H and O–H groups in total. The van der Waals surface area contributed by atoms with E-state index in [1.807, 2.05) is 0 Å². The summed E-state index contributed by atoms with van der Waals surface area (Å²) >= 11 is 0. The van der Waals surface area contributed by atoms with Gasteiger partial charge >= 0.3 is 5.70 Å². The van der Waals surface area contributed by atoms with E-state index >= 15 is 0 Å². The Bertz CT molecular complexity index is 666. The first-order valence-electron chi connectivity index (χ1n) is 5.98. The third-order valence-corrected chi connectivity index (χ3v) is 2.74. The Morgan fingerprint density at radius 2 is 2.33 bits per heavy atom. The number of hydrogen-bond donors (Lipinski definition) is 2. The van der Waals surface area contributed by atoms with Gasteiger partial charge in [0.1, 0.15) is 5.76 Å². The molecule has 0 amide bonds. The van der Waals surface area contributed by atoms with Gasteiger partial charge in [-0.1, -0.05) is 5.92 Å². The summed E-state index contributed by atoms with van der Waals surface area (Å²) in [5, 5.41) is 38.4. The Morgan fingerprint density at radius 3 is 2.86 bits per heavy atom. The fraction of sp³-hybridized carbons (Fsp3) is 0.357. The van der Waals surface area contributed by atoms with E-state index in [1.165, 1.54) is 13.0 Å². The monoisotopic (exact) mass is 288 g/mol. The van der Waals surface area contributed by atoms with Gasteiger partial charge in [-0.2, -0.15) is 5.26 Å². The molecule has 7 heteroatoms. The number of nitrogens with zero attached hydrogens (tertiary/aromatic N) is 2. The van der Waals surface area contributed by atoms with Gasteiger partial charge in [0.25, 0.3) is 0 Å². The number of carbonyl (C=O) groups excluding carboxylic acids is 1. The van der Waals surface area contributed by atoms with Crippen molar-refractivity contribution < 1.29 is 19.9 Å². The molecule has 21 heavy (non-hydrogen) atoms. The van der Waals surface area contributed by atoms with Gasteiger partial charge in [-0.15, -0.1) is 5.92 Å². The Morgan fingerprint density at radius 1 is 1.67 bits per heavy atom. The molecule has 0 spiro atoms. The highest BCUT2D eigenvalue weighted by Crippen LogP contribution is 2.23. The second-order valence-corrected chi connectivity index (χ2v) is 4.37. The molecule has 0 fully saturated rings. The van der Waals surface area contributed by atoms with Crippen LogP contribution >= 0.6 is 0 Å². The molecule has 0 aromatic rings. The minimum Gasteiger partial charge on any atom is -0.508 e. The first-order valence-corrected chi connectivity index (χ1v) is 5.98. The molecule has 0 saturated heterocycles. The SMILES string of the molecule is CC(=O)C(C#N)C#CCC1C=C=C([N+](=O)[O-])C(O)=C(O)C1. The van der Waals surface area contributed by atoms with Crippen molar-refractivity contribution in [1.29, 1.82) is 5.26 Å². The Hall–Kier alpha value is -3.02. The molecular formula is C14H12N2O5. The Balaban J connectivity index is 2.92. The highest BCUT2D eigenvalue weighted by Gasteiger charge is 2.25. The summed E-state index contributed by atoms with van der Waals surface area (Å²) in [5.41, 5.74) is 1.60. The number of nitriles is 1. The predicted molar refractivity (Wildman–Crippen MR) is 71.2 cm³/mol. The Labute approximate surface area is 120 Å². The number of ketones is 1. The molecule has 1 aliphatic rings. The fourth-order valence-electron chi connectivity index (χ4n) is 1.59. The summed E-state index contributed by atoms with van der Waals surface area (Å²) in [6, 6.07) is 1.75. The van der Waals surface area contributed by atoms with Gasteiger partial charge in [-0.3, -0.25) is 14.9 Å². The number of aliphatic hydroxyl groups excluding tert-OH is 2. The third kappa shape index (κ3) is 4.24. The second-order valence-electron chi connectivity index (χ2n) is 4.37. The summed E-state index contributed by atoms with van der Waals surface area (Å²) in [6.07, 6.45) is 1.46. The van der Waals surface area contributed by atoms with E-state index in [2.05, 4.69) is 17.6 Å². The van der Waals surface area contributed by atoms with Crippen LogP contribution in [0.4, 0.5) is 0 Å². The van der Waals surface area contributed by atoms with Gasteiger partial charge in [0.15, 0.2) is 11.7 Å². The van der Waals surface area contributed by atoms with Gasteiger partial charge in [-0.05, 0) is 18.7 Å². The zero-order chi connectivity index (χ0) is 16.0. The minimum atomic E-state index is -1.01. The van der Waals surface area contributed by atoms with Crippen molar-refractivity contribution in [2.45, 2.75) is 19.8 Å². The summed E-state index contributed by atoms with van der Waals surface area (Å²) < 4.78 is 0. The van der Waals surface area contributed by atoms with Gasteiger partial charge in [-0.25, -0.2) is 0 Å². The molecule has 0 bridgehead atoms. The van der Waals surface area contributed by atoms with Crippen molar-refractivity contribution in [1.82, 2.24) is 0 Å². The lowest BCUT2D eigenvalue weighted by Gasteiger charge is -2.06. The summed E-state index contributed by atoms with van der Waals surface area (Å²) in [6.45, 7) is 1.26. The highest BCUT2D eigenvalue weighted by atomic mass is 16.6. The summed E-state index contributed by atoms with van der Waals surface area (Å²) in [7, 11) is 0. The van der Waals surface area contributed by atoms with Crippen LogP contribution < -0.4 is 0 Å². The molecule has 0 aliphatic heterocycles. The third-order valence-electron chi connectivity index (χ3n) is 2.74. The molecule has 1 rings (SSSR count). The first-order chi connectivity index (χ1) is 9.86. The quantitative estimate of drug-likeness (QED) is 0.353. The van der Waals surface area contributed by atoms with Gasteiger partial charge in [0.05, 0.1) is 11.0 Å². The molecule has 2 unspecified atom stereocenters. The van der Waals surface area contributed by atoms with Crippen molar-refractivity contribution in [3.63, 3.8) is 0 Å². The lowest BCUT2D eigenvalue weighted by Crippen LogP contribution is -2.05. The fourth-order valence-corrected chi connectivity index (χ4v) is 1.59. The zero-order valence-corrected chi connectivity index (χ0v) is 11.2. The number of aliphatic hydroxyl groups is 2. The first kappa shape index (κ1) is 16.0. The molecule has 2 atom stereocenters. The van der Waals surface area contributed by atoms with Crippen LogP contribution in [0.2, 0.25) is 0 Å². The van der Waals surface area contributed by atoms with E-state index in [-0.39, 0.29) is 18.6 Å². The van der Waals surface area contributed by atoms with E-state index in [1.54, 1.807) is 6.07 Å². The van der Waals surface area contributed by atoms with Crippen molar-refractivity contribution in [3.05, 3.63) is 39.1 Å². The van der Waals surface area contributed by atoms with E-state index in [9.17, 15) is 25.1 Å². The van der Waals surface area contributed by atoms with Crippen molar-refractivity contribution in [2.24, 2.45) is 11.8 Å². The molecule has 0 radical (unpaired) electrons. The normalized spacial score (nSPS) is 18.7. The van der Waals surface area contributed by atoms with Crippen LogP contribution in [0.5, 0.6) is 0 Å². The molecule has 7 nitrogen and oxygen atoms in total. The van der Waals surface area contributed by atoms with Crippen LogP contribution in [-0.2, 0) is 4.79 Å².